The van der Waals surface area contributed by atoms with E-state index in [9.17, 15) is 0 Å². The summed E-state index contributed by atoms with van der Waals surface area (Å²) in [5.41, 5.74) is 10.5. The molecule has 3 atom stereocenters. The highest BCUT2D eigenvalue weighted by Gasteiger charge is 2.53. The molecule has 3 heterocycles. The molecule has 3 nitrogen and oxygen atoms in total. The van der Waals surface area contributed by atoms with Crippen LogP contribution >= 0.6 is 11.3 Å². The standard InChI is InChI=1S/C47H37N3S/c1-3-13-31(14-4-1)47(32-15-5-2-6-16-32)38-20-10-7-17-33(38)34-24-23-30(29-39(34)47)40-27-28-48-46(49-40)50-41-21-11-8-19-37(41)44-42(50)26-25-36-35-18-9-12-22-43(35)51-45(36)44/h1-8,10-17,19-26,29,33,38,40H,9,18,27-28H2,(H,48,49). The lowest BCUT2D eigenvalue weighted by Crippen LogP contribution is -2.38. The second kappa shape index (κ2) is 11.3. The van der Waals surface area contributed by atoms with Crippen LogP contribution < -0.4 is 5.32 Å². The summed E-state index contributed by atoms with van der Waals surface area (Å²) in [6.07, 6.45) is 17.2. The van der Waals surface area contributed by atoms with Crippen molar-refractivity contribution in [2.24, 2.45) is 10.9 Å². The van der Waals surface area contributed by atoms with Gasteiger partial charge in [0.05, 0.1) is 22.5 Å². The molecule has 1 aliphatic heterocycles. The topological polar surface area (TPSA) is 29.3 Å². The fraction of sp³-hybridized carbons (Fsp3) is 0.170. The van der Waals surface area contributed by atoms with Crippen molar-refractivity contribution in [1.82, 2.24) is 9.88 Å². The average molecular weight is 676 g/mol. The summed E-state index contributed by atoms with van der Waals surface area (Å²) in [4.78, 5) is 6.61. The van der Waals surface area contributed by atoms with E-state index in [1.807, 2.05) is 11.3 Å². The highest BCUT2D eigenvalue weighted by Crippen LogP contribution is 2.59. The minimum Gasteiger partial charge on any atom is -0.349 e. The number of para-hydroxylation sites is 1. The Bertz CT molecular complexity index is 2600. The molecule has 4 heteroatoms. The summed E-state index contributed by atoms with van der Waals surface area (Å²) in [6, 6.07) is 43.5. The van der Waals surface area contributed by atoms with Crippen molar-refractivity contribution in [2.75, 3.05) is 6.54 Å². The summed E-state index contributed by atoms with van der Waals surface area (Å²) in [6.45, 7) is 0.775. The Balaban J connectivity index is 1.06. The van der Waals surface area contributed by atoms with Gasteiger partial charge >= 0.3 is 0 Å². The first-order valence-corrected chi connectivity index (χ1v) is 19.2. The number of hydrogen-bond donors (Lipinski definition) is 1. The Hall–Kier alpha value is -5.45. The highest BCUT2D eigenvalue weighted by molar-refractivity contribution is 7.21. The molecule has 246 valence electrons. The van der Waals surface area contributed by atoms with Crippen LogP contribution in [0.2, 0.25) is 0 Å². The van der Waals surface area contributed by atoms with Crippen LogP contribution in [0.1, 0.15) is 63.1 Å². The molecule has 0 saturated heterocycles. The third-order valence-corrected chi connectivity index (χ3v) is 13.2. The highest BCUT2D eigenvalue weighted by atomic mass is 32.1. The van der Waals surface area contributed by atoms with Crippen LogP contribution in [-0.2, 0) is 11.8 Å². The van der Waals surface area contributed by atoms with Crippen LogP contribution in [0.4, 0.5) is 0 Å². The third kappa shape index (κ3) is 4.14. The monoisotopic (exact) mass is 675 g/mol. The molecule has 0 fully saturated rings. The van der Waals surface area contributed by atoms with E-state index in [4.69, 9.17) is 4.99 Å². The fourth-order valence-electron chi connectivity index (χ4n) is 9.86. The van der Waals surface area contributed by atoms with E-state index in [0.29, 0.717) is 11.8 Å². The van der Waals surface area contributed by atoms with Gasteiger partial charge in [-0.25, -0.2) is 0 Å². The quantitative estimate of drug-likeness (QED) is 0.198. The van der Waals surface area contributed by atoms with Crippen LogP contribution in [0.3, 0.4) is 0 Å². The Labute approximate surface area is 302 Å². The average Bonchev–Trinajstić information content (AvgIpc) is 3.85. The van der Waals surface area contributed by atoms with Crippen LogP contribution in [-0.4, -0.2) is 17.1 Å². The summed E-state index contributed by atoms with van der Waals surface area (Å²) in [5, 5.41) is 8.05. The van der Waals surface area contributed by atoms with E-state index in [1.54, 1.807) is 0 Å². The van der Waals surface area contributed by atoms with Gasteiger partial charge in [-0.2, -0.15) is 0 Å². The Morgan fingerprint density at radius 2 is 1.55 bits per heavy atom. The summed E-state index contributed by atoms with van der Waals surface area (Å²) in [5.74, 6) is 1.56. The number of rotatable bonds is 3. The van der Waals surface area contributed by atoms with E-state index in [-0.39, 0.29) is 11.5 Å². The molecule has 0 radical (unpaired) electrons. The van der Waals surface area contributed by atoms with Gasteiger partial charge in [0.15, 0.2) is 0 Å². The normalized spacial score (nSPS) is 21.4. The van der Waals surface area contributed by atoms with E-state index in [2.05, 4.69) is 162 Å². The lowest BCUT2D eigenvalue weighted by Gasteiger charge is -2.39. The van der Waals surface area contributed by atoms with Crippen molar-refractivity contribution in [3.63, 3.8) is 0 Å². The van der Waals surface area contributed by atoms with E-state index in [0.717, 1.165) is 31.8 Å². The number of allylic oxidation sites excluding steroid dienone is 5. The van der Waals surface area contributed by atoms with E-state index in [1.165, 1.54) is 70.1 Å². The first-order valence-electron chi connectivity index (χ1n) is 18.4. The second-order valence-electron chi connectivity index (χ2n) is 14.5. The zero-order valence-electron chi connectivity index (χ0n) is 28.3. The molecule has 0 spiro atoms. The molecular weight excluding hydrogens is 639 g/mol. The molecule has 51 heavy (non-hydrogen) atoms. The SMILES string of the molecule is C1=CC2c3ccc(C4CCN=C(n5c6ccccc6c6c7sc8c(c7ccc65)CCC=C8)N4)cc3C(c3ccccc3)(c3ccccc3)C2C=C1. The number of nitrogens with one attached hydrogen (secondary N) is 1. The maximum Gasteiger partial charge on any atom is 0.203 e. The molecule has 7 aromatic rings. The van der Waals surface area contributed by atoms with Crippen molar-refractivity contribution in [3.05, 3.63) is 184 Å². The summed E-state index contributed by atoms with van der Waals surface area (Å²) < 4.78 is 3.79. The Kier molecular flexibility index (Phi) is 6.48. The van der Waals surface area contributed by atoms with Gasteiger partial charge in [0, 0.05) is 38.7 Å². The molecule has 2 aromatic heterocycles. The molecule has 4 aliphatic rings. The first kappa shape index (κ1) is 29.3. The van der Waals surface area contributed by atoms with E-state index >= 15 is 0 Å². The molecule has 0 saturated carbocycles. The van der Waals surface area contributed by atoms with Gasteiger partial charge in [-0.3, -0.25) is 9.56 Å². The van der Waals surface area contributed by atoms with Gasteiger partial charge in [0.2, 0.25) is 5.96 Å². The third-order valence-electron chi connectivity index (χ3n) is 12.0. The van der Waals surface area contributed by atoms with Gasteiger partial charge in [0.25, 0.3) is 0 Å². The smallest absolute Gasteiger partial charge is 0.203 e. The largest absolute Gasteiger partial charge is 0.349 e. The van der Waals surface area contributed by atoms with Gasteiger partial charge in [-0.1, -0.05) is 134 Å². The molecule has 11 rings (SSSR count). The Morgan fingerprint density at radius 1 is 0.765 bits per heavy atom. The van der Waals surface area contributed by atoms with Gasteiger partial charge in [-0.15, -0.1) is 11.3 Å². The Morgan fingerprint density at radius 3 is 2.39 bits per heavy atom. The zero-order valence-corrected chi connectivity index (χ0v) is 29.1. The number of thiophene rings is 1. The first-order chi connectivity index (χ1) is 25.3. The minimum absolute atomic E-state index is 0.139. The molecule has 5 aromatic carbocycles. The van der Waals surface area contributed by atoms with E-state index < -0.39 is 0 Å². The maximum atomic E-state index is 5.19. The predicted molar refractivity (Wildman–Crippen MR) is 214 cm³/mol. The van der Waals surface area contributed by atoms with Crippen LogP contribution in [0, 0.1) is 5.92 Å². The second-order valence-corrected chi connectivity index (χ2v) is 15.5. The van der Waals surface area contributed by atoms with Crippen molar-refractivity contribution < 1.29 is 0 Å². The number of aromatic nitrogens is 1. The minimum atomic E-state index is -0.293. The van der Waals surface area contributed by atoms with Gasteiger partial charge < -0.3 is 5.32 Å². The number of fused-ring (bicyclic) bond motifs is 10. The summed E-state index contributed by atoms with van der Waals surface area (Å²) >= 11 is 1.95. The molecule has 0 amide bonds. The van der Waals surface area contributed by atoms with Crippen LogP contribution in [0.25, 0.3) is 38.0 Å². The predicted octanol–water partition coefficient (Wildman–Crippen LogP) is 11.1. The van der Waals surface area contributed by atoms with Crippen molar-refractivity contribution in [2.45, 2.75) is 36.6 Å². The molecule has 1 N–H and O–H groups in total. The zero-order chi connectivity index (χ0) is 33.5. The molecular formula is C47H37N3S. The van der Waals surface area contributed by atoms with Gasteiger partial charge in [-0.05, 0) is 76.2 Å². The molecule has 3 unspecified atom stereocenters. The number of hydrogen-bond acceptors (Lipinski definition) is 3. The van der Waals surface area contributed by atoms with Crippen molar-refractivity contribution in [3.8, 4) is 0 Å². The maximum absolute atomic E-state index is 5.19. The van der Waals surface area contributed by atoms with Crippen molar-refractivity contribution >= 4 is 55.3 Å². The number of benzene rings is 5. The fourth-order valence-corrected chi connectivity index (χ4v) is 11.2. The number of aliphatic imine (C=N–C) groups is 1. The van der Waals surface area contributed by atoms with Crippen molar-refractivity contribution in [1.29, 1.82) is 0 Å². The number of aryl methyl sites for hydroxylation is 1. The van der Waals surface area contributed by atoms with Gasteiger partial charge in [0.1, 0.15) is 0 Å². The lowest BCUT2D eigenvalue weighted by molar-refractivity contribution is 0.456. The van der Waals surface area contributed by atoms with Crippen LogP contribution in [0.5, 0.6) is 0 Å². The van der Waals surface area contributed by atoms with Crippen LogP contribution in [0.15, 0.2) is 151 Å². The molecule has 3 aliphatic carbocycles. The lowest BCUT2D eigenvalue weighted by atomic mass is 9.63. The molecule has 0 bridgehead atoms. The number of nitrogens with zero attached hydrogens (tertiary/aromatic N) is 2. The summed E-state index contributed by atoms with van der Waals surface area (Å²) in [7, 11) is 0.